The fourth-order valence-electron chi connectivity index (χ4n) is 1.53. The standard InChI is InChI=1S/C12H17BrFO4P/c1-3-17-19(16,18-4-2)12(13,14)11(15)10-8-6-5-7-9-10/h5-9,11,15H,3-4H2,1-2H3. The molecule has 108 valence electrons. The molecule has 1 rings (SSSR count). The molecular weight excluding hydrogens is 338 g/mol. The van der Waals surface area contributed by atoms with E-state index in [0.29, 0.717) is 0 Å². The molecule has 1 aromatic rings. The van der Waals surface area contributed by atoms with Crippen molar-refractivity contribution in [3.8, 4) is 0 Å². The molecule has 0 bridgehead atoms. The Hall–Kier alpha value is -0.260. The van der Waals surface area contributed by atoms with Gasteiger partial charge >= 0.3 is 7.60 Å². The van der Waals surface area contributed by atoms with E-state index < -0.39 is 18.0 Å². The van der Waals surface area contributed by atoms with Crippen molar-refractivity contribution in [2.24, 2.45) is 0 Å². The molecule has 1 N–H and O–H groups in total. The molecule has 19 heavy (non-hydrogen) atoms. The number of aliphatic hydroxyl groups excluding tert-OH is 1. The van der Waals surface area contributed by atoms with E-state index in [1.54, 1.807) is 32.0 Å². The third kappa shape index (κ3) is 3.64. The van der Waals surface area contributed by atoms with Crippen LogP contribution in [0.1, 0.15) is 25.5 Å². The highest BCUT2D eigenvalue weighted by atomic mass is 79.9. The molecule has 0 aromatic heterocycles. The second-order valence-corrected chi connectivity index (χ2v) is 7.66. The van der Waals surface area contributed by atoms with Crippen molar-refractivity contribution >= 4 is 23.5 Å². The van der Waals surface area contributed by atoms with Crippen molar-refractivity contribution in [3.63, 3.8) is 0 Å². The van der Waals surface area contributed by atoms with Crippen LogP contribution in [-0.2, 0) is 13.6 Å². The van der Waals surface area contributed by atoms with Crippen molar-refractivity contribution in [3.05, 3.63) is 35.9 Å². The van der Waals surface area contributed by atoms with E-state index in [0.717, 1.165) is 0 Å². The Kier molecular flexibility index (Phi) is 6.15. The molecule has 4 nitrogen and oxygen atoms in total. The van der Waals surface area contributed by atoms with Crippen LogP contribution in [0.2, 0.25) is 0 Å². The van der Waals surface area contributed by atoms with Crippen LogP contribution in [0.3, 0.4) is 0 Å². The summed E-state index contributed by atoms with van der Waals surface area (Å²) in [5.74, 6) is 0. The van der Waals surface area contributed by atoms with Crippen LogP contribution >= 0.6 is 23.5 Å². The minimum absolute atomic E-state index is 0.00998. The minimum Gasteiger partial charge on any atom is -0.383 e. The van der Waals surface area contributed by atoms with Crippen LogP contribution < -0.4 is 0 Å². The first-order valence-corrected chi connectivity index (χ1v) is 8.22. The summed E-state index contributed by atoms with van der Waals surface area (Å²) in [5, 5.41) is 10.1. The van der Waals surface area contributed by atoms with Crippen LogP contribution in [0.5, 0.6) is 0 Å². The average Bonchev–Trinajstić information content (AvgIpc) is 2.39. The molecule has 0 aliphatic rings. The van der Waals surface area contributed by atoms with E-state index in [4.69, 9.17) is 9.05 Å². The fourth-order valence-corrected chi connectivity index (χ4v) is 3.96. The molecule has 0 fully saturated rings. The van der Waals surface area contributed by atoms with Gasteiger partial charge in [0.2, 0.25) is 0 Å². The molecule has 0 radical (unpaired) electrons. The van der Waals surface area contributed by atoms with E-state index >= 15 is 0 Å². The third-order valence-electron chi connectivity index (χ3n) is 2.41. The Morgan fingerprint density at radius 3 is 2.21 bits per heavy atom. The van der Waals surface area contributed by atoms with E-state index in [9.17, 15) is 14.1 Å². The highest BCUT2D eigenvalue weighted by Crippen LogP contribution is 2.68. The van der Waals surface area contributed by atoms with Gasteiger partial charge in [-0.05, 0) is 35.3 Å². The van der Waals surface area contributed by atoms with Gasteiger partial charge in [0, 0.05) is 0 Å². The summed E-state index contributed by atoms with van der Waals surface area (Å²) in [5.41, 5.74) is 0.279. The summed E-state index contributed by atoms with van der Waals surface area (Å²) in [6.45, 7) is 3.17. The number of benzene rings is 1. The molecule has 0 heterocycles. The predicted molar refractivity (Wildman–Crippen MR) is 75.0 cm³/mol. The zero-order valence-corrected chi connectivity index (χ0v) is 13.2. The molecule has 1 aromatic carbocycles. The van der Waals surface area contributed by atoms with Crippen molar-refractivity contribution < 1.29 is 23.1 Å². The summed E-state index contributed by atoms with van der Waals surface area (Å²) in [6.07, 6.45) is -1.67. The molecule has 0 aliphatic heterocycles. The zero-order chi connectivity index (χ0) is 14.5. The first-order chi connectivity index (χ1) is 8.89. The van der Waals surface area contributed by atoms with Gasteiger partial charge in [0.25, 0.3) is 4.32 Å². The van der Waals surface area contributed by atoms with Crippen LogP contribution in [0.25, 0.3) is 0 Å². The molecule has 7 heteroatoms. The van der Waals surface area contributed by atoms with E-state index in [1.165, 1.54) is 12.1 Å². The van der Waals surface area contributed by atoms with Crippen LogP contribution in [0.4, 0.5) is 4.39 Å². The Bertz CT molecular complexity index is 431. The lowest BCUT2D eigenvalue weighted by molar-refractivity contribution is 0.0738. The molecular formula is C12H17BrFO4P. The lowest BCUT2D eigenvalue weighted by atomic mass is 10.1. The van der Waals surface area contributed by atoms with Gasteiger partial charge in [-0.1, -0.05) is 30.3 Å². The lowest BCUT2D eigenvalue weighted by Gasteiger charge is -2.31. The second-order valence-electron chi connectivity index (χ2n) is 3.73. The van der Waals surface area contributed by atoms with Gasteiger partial charge in [-0.15, -0.1) is 0 Å². The molecule has 0 spiro atoms. The van der Waals surface area contributed by atoms with Crippen molar-refractivity contribution in [1.82, 2.24) is 0 Å². The lowest BCUT2D eigenvalue weighted by Crippen LogP contribution is -2.27. The predicted octanol–water partition coefficient (Wildman–Crippen LogP) is 4.00. The molecule has 2 unspecified atom stereocenters. The first-order valence-electron chi connectivity index (χ1n) is 5.89. The SMILES string of the molecule is CCOP(=O)(OCC)C(F)(Br)C(O)c1ccccc1. The summed E-state index contributed by atoms with van der Waals surface area (Å²) in [4.78, 5) is 0. The van der Waals surface area contributed by atoms with Crippen LogP contribution in [0.15, 0.2) is 30.3 Å². The van der Waals surface area contributed by atoms with E-state index in [1.807, 2.05) is 0 Å². The number of alkyl halides is 2. The topological polar surface area (TPSA) is 55.8 Å². The van der Waals surface area contributed by atoms with Crippen molar-refractivity contribution in [2.75, 3.05) is 13.2 Å². The van der Waals surface area contributed by atoms with Crippen LogP contribution in [-0.4, -0.2) is 22.6 Å². The Labute approximate surface area is 120 Å². The van der Waals surface area contributed by atoms with E-state index in [-0.39, 0.29) is 18.8 Å². The molecule has 0 amide bonds. The van der Waals surface area contributed by atoms with Gasteiger partial charge in [-0.3, -0.25) is 4.57 Å². The van der Waals surface area contributed by atoms with Gasteiger partial charge in [-0.2, -0.15) is 0 Å². The highest BCUT2D eigenvalue weighted by molar-refractivity contribution is 9.11. The first kappa shape index (κ1) is 16.8. The Morgan fingerprint density at radius 1 is 1.32 bits per heavy atom. The van der Waals surface area contributed by atoms with Gasteiger partial charge in [0.05, 0.1) is 13.2 Å². The molecule has 0 saturated carbocycles. The van der Waals surface area contributed by atoms with Gasteiger partial charge in [0.1, 0.15) is 6.10 Å². The number of hydrogen-bond donors (Lipinski definition) is 1. The quantitative estimate of drug-likeness (QED) is 0.593. The molecule has 2 atom stereocenters. The van der Waals surface area contributed by atoms with Gasteiger partial charge in [-0.25, -0.2) is 4.39 Å². The maximum atomic E-state index is 14.7. The minimum atomic E-state index is -4.14. The normalized spacial score (nSPS) is 16.9. The van der Waals surface area contributed by atoms with Gasteiger partial charge < -0.3 is 14.2 Å². The Morgan fingerprint density at radius 2 is 1.79 bits per heavy atom. The number of halogens is 2. The average molecular weight is 355 g/mol. The Balaban J connectivity index is 3.09. The summed E-state index contributed by atoms with van der Waals surface area (Å²) >= 11 is 2.68. The molecule has 0 aliphatic carbocycles. The summed E-state index contributed by atoms with van der Waals surface area (Å²) < 4.78 is 34.3. The summed E-state index contributed by atoms with van der Waals surface area (Å²) in [6, 6.07) is 8.09. The smallest absolute Gasteiger partial charge is 0.381 e. The monoisotopic (exact) mass is 354 g/mol. The largest absolute Gasteiger partial charge is 0.383 e. The second kappa shape index (κ2) is 6.95. The highest BCUT2D eigenvalue weighted by Gasteiger charge is 2.56. The van der Waals surface area contributed by atoms with Gasteiger partial charge in [0.15, 0.2) is 0 Å². The zero-order valence-electron chi connectivity index (χ0n) is 10.8. The third-order valence-corrected chi connectivity index (χ3v) is 6.32. The maximum Gasteiger partial charge on any atom is 0.381 e. The van der Waals surface area contributed by atoms with Crippen molar-refractivity contribution in [1.29, 1.82) is 0 Å². The summed E-state index contributed by atoms with van der Waals surface area (Å²) in [7, 11) is -4.14. The fraction of sp³-hybridized carbons (Fsp3) is 0.500. The van der Waals surface area contributed by atoms with Crippen molar-refractivity contribution in [2.45, 2.75) is 24.3 Å². The maximum absolute atomic E-state index is 14.7. The van der Waals surface area contributed by atoms with Crippen LogP contribution in [0, 0.1) is 0 Å². The number of hydrogen-bond acceptors (Lipinski definition) is 4. The number of rotatable bonds is 7. The van der Waals surface area contributed by atoms with E-state index in [2.05, 4.69) is 15.9 Å². The molecule has 0 saturated heterocycles. The number of aliphatic hydroxyl groups is 1.